The van der Waals surface area contributed by atoms with Crippen LogP contribution in [0.3, 0.4) is 0 Å². The maximum absolute atomic E-state index is 12.6. The fourth-order valence-electron chi connectivity index (χ4n) is 2.97. The third-order valence-electron chi connectivity index (χ3n) is 4.36. The van der Waals surface area contributed by atoms with Crippen LogP contribution in [-0.4, -0.2) is 86.8 Å². The summed E-state index contributed by atoms with van der Waals surface area (Å²) in [6.45, 7) is -1.45. The number of halogens is 1. The van der Waals surface area contributed by atoms with Crippen molar-refractivity contribution in [3.63, 3.8) is 0 Å². The summed E-state index contributed by atoms with van der Waals surface area (Å²) in [5.74, 6) is -2.91. The van der Waals surface area contributed by atoms with Gasteiger partial charge in [0.15, 0.2) is 10.8 Å². The molecule has 2 aliphatic rings. The van der Waals surface area contributed by atoms with Crippen LogP contribution in [0.1, 0.15) is 5.69 Å². The molecule has 0 spiro atoms. The number of thiazole rings is 1. The average Bonchev–Trinajstić information content (AvgIpc) is 3.19. The molecule has 1 saturated heterocycles. The van der Waals surface area contributed by atoms with Gasteiger partial charge >= 0.3 is 12.1 Å². The SMILES string of the molecule is Nc1nc(/C(=N/O)C(=O)N[C@@H]2C(=O)N3C(C(=O)O)=C(COC(=O)NCCF)CS[C@H]23)cs1. The van der Waals surface area contributed by atoms with Crippen LogP contribution in [0.2, 0.25) is 0 Å². The highest BCUT2D eigenvalue weighted by Crippen LogP contribution is 2.40. The molecule has 0 bridgehead atoms. The number of alkyl carbamates (subject to hydrolysis) is 1. The summed E-state index contributed by atoms with van der Waals surface area (Å²) in [6, 6.07) is -1.08. The van der Waals surface area contributed by atoms with Crippen LogP contribution < -0.4 is 16.4 Å². The Morgan fingerprint density at radius 2 is 2.19 bits per heavy atom. The average molecular weight is 488 g/mol. The molecule has 1 aromatic rings. The lowest BCUT2D eigenvalue weighted by Crippen LogP contribution is -2.71. The number of β-lactam (4-membered cyclic amide) rings is 1. The number of nitrogen functional groups attached to an aromatic ring is 1. The van der Waals surface area contributed by atoms with Crippen LogP contribution in [0.5, 0.6) is 0 Å². The van der Waals surface area contributed by atoms with Gasteiger partial charge in [-0.25, -0.2) is 19.0 Å². The first kappa shape index (κ1) is 23.3. The van der Waals surface area contributed by atoms with Crippen molar-refractivity contribution >= 4 is 57.8 Å². The summed E-state index contributed by atoms with van der Waals surface area (Å²) >= 11 is 2.17. The summed E-state index contributed by atoms with van der Waals surface area (Å²) in [5, 5.41) is 27.0. The van der Waals surface area contributed by atoms with Crippen LogP contribution in [0.4, 0.5) is 14.3 Å². The Kier molecular flexibility index (Phi) is 7.14. The van der Waals surface area contributed by atoms with Crippen molar-refractivity contribution in [2.24, 2.45) is 5.16 Å². The maximum atomic E-state index is 12.6. The van der Waals surface area contributed by atoms with Crippen molar-refractivity contribution in [1.82, 2.24) is 20.5 Å². The molecule has 172 valence electrons. The summed E-state index contributed by atoms with van der Waals surface area (Å²) in [4.78, 5) is 53.2. The molecular formula is C16H17FN6O7S2. The Hall–Kier alpha value is -3.40. The lowest BCUT2D eigenvalue weighted by Gasteiger charge is -2.49. The predicted octanol–water partition coefficient (Wildman–Crippen LogP) is -0.662. The van der Waals surface area contributed by atoms with Crippen LogP contribution >= 0.6 is 23.1 Å². The number of carboxylic acids is 1. The minimum atomic E-state index is -1.41. The number of rotatable bonds is 8. The van der Waals surface area contributed by atoms with Gasteiger partial charge < -0.3 is 31.4 Å². The molecule has 0 unspecified atom stereocenters. The van der Waals surface area contributed by atoms with E-state index in [1.807, 2.05) is 0 Å². The van der Waals surface area contributed by atoms with Gasteiger partial charge in [0.25, 0.3) is 11.8 Å². The van der Waals surface area contributed by atoms with Crippen molar-refractivity contribution in [3.05, 3.63) is 22.3 Å². The molecular weight excluding hydrogens is 471 g/mol. The van der Waals surface area contributed by atoms with E-state index in [2.05, 4.69) is 20.8 Å². The van der Waals surface area contributed by atoms with Gasteiger partial charge in [-0.3, -0.25) is 14.5 Å². The Morgan fingerprint density at radius 1 is 1.44 bits per heavy atom. The number of hydrogen-bond acceptors (Lipinski definition) is 11. The molecule has 3 amide bonds. The fourth-order valence-corrected chi connectivity index (χ4v) is 4.84. The summed E-state index contributed by atoms with van der Waals surface area (Å²) in [7, 11) is 0. The zero-order valence-electron chi connectivity index (χ0n) is 16.1. The molecule has 0 aromatic carbocycles. The molecule has 13 nitrogen and oxygen atoms in total. The molecule has 6 N–H and O–H groups in total. The van der Waals surface area contributed by atoms with Crippen LogP contribution in [0, 0.1) is 0 Å². The number of nitrogens with one attached hydrogen (secondary N) is 2. The zero-order valence-corrected chi connectivity index (χ0v) is 17.7. The zero-order chi connectivity index (χ0) is 23.4. The minimum absolute atomic E-state index is 0.0176. The van der Waals surface area contributed by atoms with Gasteiger partial charge in [0.2, 0.25) is 0 Å². The Balaban J connectivity index is 1.70. The predicted molar refractivity (Wildman–Crippen MR) is 110 cm³/mol. The van der Waals surface area contributed by atoms with E-state index in [-0.39, 0.29) is 34.4 Å². The van der Waals surface area contributed by atoms with Gasteiger partial charge in [0, 0.05) is 23.3 Å². The highest BCUT2D eigenvalue weighted by Gasteiger charge is 2.54. The highest BCUT2D eigenvalue weighted by atomic mass is 32.2. The first-order valence-electron chi connectivity index (χ1n) is 8.89. The number of hydrogen-bond donors (Lipinski definition) is 5. The van der Waals surface area contributed by atoms with E-state index in [0.29, 0.717) is 0 Å². The summed E-state index contributed by atoms with van der Waals surface area (Å²) in [5.41, 5.74) is 4.89. The summed E-state index contributed by atoms with van der Waals surface area (Å²) in [6.07, 6.45) is -0.925. The molecule has 0 aliphatic carbocycles. The molecule has 0 saturated carbocycles. The van der Waals surface area contributed by atoms with Gasteiger partial charge in [-0.1, -0.05) is 5.16 Å². The number of amides is 3. The molecule has 1 fully saturated rings. The number of fused-ring (bicyclic) bond motifs is 1. The van der Waals surface area contributed by atoms with Crippen LogP contribution in [0.25, 0.3) is 0 Å². The number of carbonyl (C=O) groups is 4. The first-order valence-corrected chi connectivity index (χ1v) is 10.8. The Morgan fingerprint density at radius 3 is 2.78 bits per heavy atom. The second-order valence-corrected chi connectivity index (χ2v) is 8.32. The van der Waals surface area contributed by atoms with Crippen molar-refractivity contribution in [3.8, 4) is 0 Å². The highest BCUT2D eigenvalue weighted by molar-refractivity contribution is 8.00. The Labute approximate surface area is 187 Å². The van der Waals surface area contributed by atoms with E-state index in [1.54, 1.807) is 0 Å². The van der Waals surface area contributed by atoms with Crippen molar-refractivity contribution in [1.29, 1.82) is 0 Å². The quantitative estimate of drug-likeness (QED) is 0.135. The van der Waals surface area contributed by atoms with E-state index < -0.39 is 54.3 Å². The number of nitrogens with zero attached hydrogens (tertiary/aromatic N) is 3. The number of anilines is 1. The summed E-state index contributed by atoms with van der Waals surface area (Å²) < 4.78 is 17.0. The second kappa shape index (κ2) is 9.82. The van der Waals surface area contributed by atoms with E-state index in [0.717, 1.165) is 28.0 Å². The number of aromatic nitrogens is 1. The first-order chi connectivity index (χ1) is 15.3. The third-order valence-corrected chi connectivity index (χ3v) is 6.37. The molecule has 3 rings (SSSR count). The number of carbonyl (C=O) groups excluding carboxylic acids is 3. The monoisotopic (exact) mass is 488 g/mol. The minimum Gasteiger partial charge on any atom is -0.477 e. The Bertz CT molecular complexity index is 1010. The lowest BCUT2D eigenvalue weighted by atomic mass is 10.0. The van der Waals surface area contributed by atoms with Gasteiger partial charge in [0.1, 0.15) is 36.1 Å². The van der Waals surface area contributed by atoms with Gasteiger partial charge in [-0.05, 0) is 0 Å². The molecule has 3 heterocycles. The lowest BCUT2D eigenvalue weighted by molar-refractivity contribution is -0.150. The van der Waals surface area contributed by atoms with Crippen molar-refractivity contribution in [2.75, 3.05) is 31.3 Å². The van der Waals surface area contributed by atoms with E-state index in [4.69, 9.17) is 15.7 Å². The molecule has 2 atom stereocenters. The standard InChI is InChI=1S/C16H17FN6O7S2/c17-1-2-19-16(28)30-3-6-4-31-13-9(12(25)23(13)10(6)14(26)27)21-11(24)8(22-29)7-5-32-15(18)20-7/h5,9,13,29H,1-4H2,(H2,18,20)(H,19,28)(H,21,24)(H,26,27)/b22-8-/t9-,13-/m1/s1. The molecule has 32 heavy (non-hydrogen) atoms. The smallest absolute Gasteiger partial charge is 0.407 e. The van der Waals surface area contributed by atoms with E-state index in [9.17, 15) is 28.7 Å². The normalized spacial score (nSPS) is 20.3. The largest absolute Gasteiger partial charge is 0.477 e. The third kappa shape index (κ3) is 4.59. The van der Waals surface area contributed by atoms with Crippen LogP contribution in [0.15, 0.2) is 21.8 Å². The van der Waals surface area contributed by atoms with E-state index in [1.165, 1.54) is 5.38 Å². The van der Waals surface area contributed by atoms with Crippen LogP contribution in [-0.2, 0) is 19.1 Å². The maximum Gasteiger partial charge on any atom is 0.407 e. The topological polar surface area (TPSA) is 197 Å². The molecule has 2 aliphatic heterocycles. The number of ether oxygens (including phenoxy) is 1. The number of aliphatic carboxylic acids is 1. The van der Waals surface area contributed by atoms with Crippen molar-refractivity contribution < 1.29 is 38.6 Å². The van der Waals surface area contributed by atoms with Gasteiger partial charge in [0.05, 0.1) is 0 Å². The van der Waals surface area contributed by atoms with Gasteiger partial charge in [-0.15, -0.1) is 23.1 Å². The molecule has 1 aromatic heterocycles. The molecule has 0 radical (unpaired) electrons. The van der Waals surface area contributed by atoms with E-state index >= 15 is 0 Å². The molecule has 16 heteroatoms. The number of carboxylic acid groups (broad SMARTS) is 1. The number of nitrogens with two attached hydrogens (primary N) is 1. The van der Waals surface area contributed by atoms with Crippen molar-refractivity contribution in [2.45, 2.75) is 11.4 Å². The number of thioether (sulfide) groups is 1. The number of oxime groups is 1. The number of alkyl halides is 1. The van der Waals surface area contributed by atoms with Gasteiger partial charge in [-0.2, -0.15) is 0 Å². The second-order valence-electron chi connectivity index (χ2n) is 6.33. The fraction of sp³-hybridized carbons (Fsp3) is 0.375.